The Morgan fingerprint density at radius 2 is 2.09 bits per heavy atom. The second-order valence-corrected chi connectivity index (χ2v) is 6.89. The molecule has 122 valence electrons. The molecule has 0 atom stereocenters. The quantitative estimate of drug-likeness (QED) is 0.725. The fraction of sp³-hybridized carbons (Fsp3) is 0.538. The van der Waals surface area contributed by atoms with E-state index in [9.17, 15) is 13.2 Å². The smallest absolute Gasteiger partial charge is 0.274 e. The first-order chi connectivity index (χ1) is 10.4. The molecule has 2 heterocycles. The predicted octanol–water partition coefficient (Wildman–Crippen LogP) is -1.30. The summed E-state index contributed by atoms with van der Waals surface area (Å²) in [6.07, 6.45) is 1.44. The van der Waals surface area contributed by atoms with E-state index in [2.05, 4.69) is 10.3 Å². The van der Waals surface area contributed by atoms with Crippen LogP contribution in [-0.2, 0) is 19.6 Å². The van der Waals surface area contributed by atoms with Crippen molar-refractivity contribution in [3.8, 4) is 0 Å². The van der Waals surface area contributed by atoms with Gasteiger partial charge < -0.3 is 10.1 Å². The molecule has 0 radical (unpaired) electrons. The van der Waals surface area contributed by atoms with Gasteiger partial charge in [0.05, 0.1) is 20.3 Å². The van der Waals surface area contributed by atoms with Crippen molar-refractivity contribution >= 4 is 21.7 Å². The van der Waals surface area contributed by atoms with Crippen molar-refractivity contribution in [3.05, 3.63) is 18.3 Å². The second-order valence-electron chi connectivity index (χ2n) is 4.96. The number of carbonyl (C=O) groups is 1. The summed E-state index contributed by atoms with van der Waals surface area (Å²) in [5.41, 5.74) is 0. The molecule has 1 fully saturated rings. The van der Waals surface area contributed by atoms with Crippen molar-refractivity contribution < 1.29 is 22.9 Å². The number of carbonyl (C=O) groups excluding carboxylic acids is 1. The number of morpholine rings is 1. The zero-order valence-corrected chi connectivity index (χ0v) is 13.5. The van der Waals surface area contributed by atoms with Gasteiger partial charge in [-0.3, -0.25) is 9.69 Å². The third-order valence-corrected chi connectivity index (χ3v) is 5.34. The maximum Gasteiger partial charge on any atom is 0.274 e. The Balaban J connectivity index is 2.12. The minimum atomic E-state index is -3.51. The number of aromatic amines is 1. The number of pyridine rings is 1. The number of ether oxygens (including phenoxy) is 1. The lowest BCUT2D eigenvalue weighted by Crippen LogP contribution is -2.41. The van der Waals surface area contributed by atoms with Crippen LogP contribution in [0.5, 0.6) is 0 Å². The molecule has 1 amide bonds. The molecule has 0 unspecified atom stereocenters. The van der Waals surface area contributed by atoms with Gasteiger partial charge in [-0.15, -0.1) is 0 Å². The Morgan fingerprint density at radius 3 is 2.64 bits per heavy atom. The van der Waals surface area contributed by atoms with Gasteiger partial charge in [0.2, 0.25) is 10.0 Å². The highest BCUT2D eigenvalue weighted by Crippen LogP contribution is 2.16. The van der Waals surface area contributed by atoms with E-state index >= 15 is 0 Å². The van der Waals surface area contributed by atoms with E-state index in [0.29, 0.717) is 32.1 Å². The number of hydrogen-bond donors (Lipinski definition) is 1. The highest BCUT2D eigenvalue weighted by Gasteiger charge is 2.27. The van der Waals surface area contributed by atoms with Crippen molar-refractivity contribution in [1.82, 2.24) is 9.62 Å². The number of nitrogens with zero attached hydrogens (tertiary/aromatic N) is 2. The molecule has 0 aromatic carbocycles. The van der Waals surface area contributed by atoms with E-state index in [1.54, 1.807) is 25.1 Å². The first kappa shape index (κ1) is 16.7. The van der Waals surface area contributed by atoms with E-state index in [1.807, 2.05) is 0 Å². The van der Waals surface area contributed by atoms with Gasteiger partial charge in [-0.05, 0) is 6.07 Å². The summed E-state index contributed by atoms with van der Waals surface area (Å²) >= 11 is 0. The SMILES string of the molecule is CNC(=O)CN(C)c1ccc(S(=O)(=O)N2CCOCC2)c[nH+]1. The molecule has 22 heavy (non-hydrogen) atoms. The Bertz CT molecular complexity index is 611. The van der Waals surface area contributed by atoms with E-state index in [4.69, 9.17) is 4.74 Å². The van der Waals surface area contributed by atoms with Gasteiger partial charge in [0.25, 0.3) is 11.7 Å². The standard InChI is InChI=1S/C13H20N4O4S/c1-14-13(18)10-16(2)12-4-3-11(9-15-12)22(19,20)17-5-7-21-8-6-17/h3-4,9H,5-8,10H2,1-2H3,(H,14,18)/p+1. The van der Waals surface area contributed by atoms with Crippen LogP contribution in [0.4, 0.5) is 5.82 Å². The zero-order chi connectivity index (χ0) is 16.2. The summed E-state index contributed by atoms with van der Waals surface area (Å²) in [7, 11) is -0.193. The van der Waals surface area contributed by atoms with Gasteiger partial charge in [-0.1, -0.05) is 0 Å². The number of rotatable bonds is 5. The maximum absolute atomic E-state index is 12.5. The third kappa shape index (κ3) is 3.73. The van der Waals surface area contributed by atoms with Crippen molar-refractivity contribution in [1.29, 1.82) is 0 Å². The minimum Gasteiger partial charge on any atom is -0.379 e. The van der Waals surface area contributed by atoms with Crippen LogP contribution >= 0.6 is 0 Å². The molecule has 8 nitrogen and oxygen atoms in total. The number of anilines is 1. The molecule has 2 N–H and O–H groups in total. The van der Waals surface area contributed by atoms with Gasteiger partial charge in [0.15, 0.2) is 6.54 Å². The van der Waals surface area contributed by atoms with Crippen molar-refractivity contribution in [2.75, 3.05) is 51.8 Å². The topological polar surface area (TPSA) is 93.1 Å². The number of H-pyrrole nitrogens is 1. The molecular weight excluding hydrogens is 308 g/mol. The average Bonchev–Trinajstić information content (AvgIpc) is 2.55. The molecule has 0 aliphatic carbocycles. The number of amides is 1. The van der Waals surface area contributed by atoms with Crippen LogP contribution in [0.2, 0.25) is 0 Å². The number of likely N-dealkylation sites (N-methyl/N-ethyl adjacent to an activating group) is 2. The average molecular weight is 329 g/mol. The molecule has 0 bridgehead atoms. The molecular formula is C13H21N4O4S+. The van der Waals surface area contributed by atoms with E-state index in [-0.39, 0.29) is 17.3 Å². The highest BCUT2D eigenvalue weighted by atomic mass is 32.2. The summed E-state index contributed by atoms with van der Waals surface area (Å²) in [6.45, 7) is 1.73. The Kier molecular flexibility index (Phi) is 5.33. The number of sulfonamides is 1. The molecule has 9 heteroatoms. The maximum atomic E-state index is 12.5. The van der Waals surface area contributed by atoms with E-state index < -0.39 is 10.0 Å². The lowest BCUT2D eigenvalue weighted by atomic mass is 10.4. The number of hydrogen-bond acceptors (Lipinski definition) is 5. The van der Waals surface area contributed by atoms with Gasteiger partial charge in [0.1, 0.15) is 11.1 Å². The number of aromatic nitrogens is 1. The third-order valence-electron chi connectivity index (χ3n) is 3.45. The summed E-state index contributed by atoms with van der Waals surface area (Å²) in [6, 6.07) is 3.19. The molecule has 0 spiro atoms. The van der Waals surface area contributed by atoms with Crippen LogP contribution in [0, 0.1) is 0 Å². The minimum absolute atomic E-state index is 0.124. The van der Waals surface area contributed by atoms with Crippen LogP contribution in [0.1, 0.15) is 0 Å². The lowest BCUT2D eigenvalue weighted by molar-refractivity contribution is -0.366. The van der Waals surface area contributed by atoms with Gasteiger partial charge >= 0.3 is 0 Å². The van der Waals surface area contributed by atoms with Crippen LogP contribution in [0.25, 0.3) is 0 Å². The monoisotopic (exact) mass is 329 g/mol. The molecule has 1 aliphatic rings. The molecule has 1 aromatic rings. The first-order valence-corrected chi connectivity index (χ1v) is 8.40. The van der Waals surface area contributed by atoms with Crippen LogP contribution < -0.4 is 15.2 Å². The van der Waals surface area contributed by atoms with Gasteiger partial charge in [0, 0.05) is 26.2 Å². The van der Waals surface area contributed by atoms with Crippen molar-refractivity contribution in [2.45, 2.75) is 4.90 Å². The highest BCUT2D eigenvalue weighted by molar-refractivity contribution is 7.89. The molecule has 0 saturated carbocycles. The summed E-state index contributed by atoms with van der Waals surface area (Å²) in [4.78, 5) is 16.2. The molecule has 1 saturated heterocycles. The largest absolute Gasteiger partial charge is 0.379 e. The zero-order valence-electron chi connectivity index (χ0n) is 12.7. The lowest BCUT2D eigenvalue weighted by Gasteiger charge is -2.25. The summed E-state index contributed by atoms with van der Waals surface area (Å²) in [5, 5.41) is 2.54. The fourth-order valence-corrected chi connectivity index (χ4v) is 3.49. The first-order valence-electron chi connectivity index (χ1n) is 6.96. The molecule has 1 aromatic heterocycles. The van der Waals surface area contributed by atoms with Crippen LogP contribution in [0.3, 0.4) is 0 Å². The van der Waals surface area contributed by atoms with Crippen LogP contribution in [0.15, 0.2) is 23.2 Å². The number of nitrogens with one attached hydrogen (secondary N) is 2. The summed E-state index contributed by atoms with van der Waals surface area (Å²) < 4.78 is 31.5. The molecule has 1 aliphatic heterocycles. The Labute approximate surface area is 130 Å². The second kappa shape index (κ2) is 7.03. The summed E-state index contributed by atoms with van der Waals surface area (Å²) in [5.74, 6) is 0.533. The van der Waals surface area contributed by atoms with Crippen molar-refractivity contribution in [3.63, 3.8) is 0 Å². The van der Waals surface area contributed by atoms with Crippen molar-refractivity contribution in [2.24, 2.45) is 0 Å². The van der Waals surface area contributed by atoms with Gasteiger partial charge in [-0.2, -0.15) is 4.31 Å². The van der Waals surface area contributed by atoms with Gasteiger partial charge in [-0.25, -0.2) is 13.4 Å². The fourth-order valence-electron chi connectivity index (χ4n) is 2.12. The Hall–Kier alpha value is -1.71. The van der Waals surface area contributed by atoms with E-state index in [1.165, 1.54) is 16.6 Å². The van der Waals surface area contributed by atoms with E-state index in [0.717, 1.165) is 0 Å². The predicted molar refractivity (Wildman–Crippen MR) is 79.9 cm³/mol. The van der Waals surface area contributed by atoms with Crippen LogP contribution in [-0.4, -0.2) is 65.6 Å². The normalized spacial score (nSPS) is 16.3. The molecule has 2 rings (SSSR count). The Morgan fingerprint density at radius 1 is 1.41 bits per heavy atom.